The van der Waals surface area contributed by atoms with Crippen molar-refractivity contribution in [3.05, 3.63) is 59.2 Å². The normalized spacial score (nSPS) is 10.3. The summed E-state index contributed by atoms with van der Waals surface area (Å²) in [7, 11) is 0. The first-order chi connectivity index (χ1) is 9.04. The van der Waals surface area contributed by atoms with Crippen LogP contribution in [0.5, 0.6) is 0 Å². The molecule has 0 saturated carbocycles. The number of rotatable bonds is 3. The number of carbonyl (C=O) groups is 1. The molecule has 3 nitrogen and oxygen atoms in total. The molecular weight excluding hydrogens is 243 g/mol. The van der Waals surface area contributed by atoms with Crippen LogP contribution in [0, 0.1) is 19.8 Å². The third-order valence-corrected chi connectivity index (χ3v) is 2.87. The molecule has 0 aliphatic rings. The van der Waals surface area contributed by atoms with Gasteiger partial charge in [0.15, 0.2) is 0 Å². The summed E-state index contributed by atoms with van der Waals surface area (Å²) in [6.07, 6.45) is 1.60. The zero-order valence-electron chi connectivity index (χ0n) is 10.9. The summed E-state index contributed by atoms with van der Waals surface area (Å²) >= 11 is 0. The summed E-state index contributed by atoms with van der Waals surface area (Å²) < 4.78 is 12.6. The van der Waals surface area contributed by atoms with Crippen LogP contribution in [-0.2, 0) is 11.2 Å². The Morgan fingerprint density at radius 2 is 2.05 bits per heavy atom. The summed E-state index contributed by atoms with van der Waals surface area (Å²) in [5, 5.41) is 2.70. The summed E-state index contributed by atoms with van der Waals surface area (Å²) in [4.78, 5) is 15.4. The molecule has 1 N–H and O–H groups in total. The van der Waals surface area contributed by atoms with Gasteiger partial charge in [0.1, 0.15) is 0 Å². The highest BCUT2D eigenvalue weighted by Crippen LogP contribution is 2.13. The minimum atomic E-state index is -0.562. The standard InChI is InChI=1S/C15H15FN2O/c1-10-3-4-11(2)12(7-10)8-15(19)18-13-5-6-14(16)17-9-13/h3-7,9H,8H2,1-2H3,(H,18,19). The smallest absolute Gasteiger partial charge is 0.228 e. The van der Waals surface area contributed by atoms with E-state index in [0.717, 1.165) is 16.7 Å². The maximum Gasteiger partial charge on any atom is 0.228 e. The highest BCUT2D eigenvalue weighted by molar-refractivity contribution is 5.92. The number of aryl methyl sites for hydroxylation is 2. The predicted molar refractivity (Wildman–Crippen MR) is 72.4 cm³/mol. The van der Waals surface area contributed by atoms with Gasteiger partial charge in [-0.2, -0.15) is 4.39 Å². The van der Waals surface area contributed by atoms with E-state index in [1.54, 1.807) is 0 Å². The first-order valence-electron chi connectivity index (χ1n) is 6.02. The molecule has 0 aliphatic carbocycles. The minimum Gasteiger partial charge on any atom is -0.324 e. The number of pyridine rings is 1. The molecule has 0 bridgehead atoms. The van der Waals surface area contributed by atoms with Gasteiger partial charge in [-0.3, -0.25) is 4.79 Å². The molecule has 2 rings (SSSR count). The van der Waals surface area contributed by atoms with Gasteiger partial charge >= 0.3 is 0 Å². The van der Waals surface area contributed by atoms with Crippen LogP contribution in [0.15, 0.2) is 36.5 Å². The van der Waals surface area contributed by atoms with E-state index in [1.165, 1.54) is 18.3 Å². The largest absolute Gasteiger partial charge is 0.324 e. The van der Waals surface area contributed by atoms with Crippen LogP contribution >= 0.6 is 0 Å². The maximum absolute atomic E-state index is 12.6. The number of halogens is 1. The molecule has 0 aliphatic heterocycles. The zero-order chi connectivity index (χ0) is 13.8. The van der Waals surface area contributed by atoms with Crippen molar-refractivity contribution in [1.82, 2.24) is 4.98 Å². The molecule has 1 aromatic carbocycles. The quantitative estimate of drug-likeness (QED) is 0.860. The van der Waals surface area contributed by atoms with Gasteiger partial charge in [0.2, 0.25) is 11.9 Å². The monoisotopic (exact) mass is 258 g/mol. The maximum atomic E-state index is 12.6. The molecule has 0 radical (unpaired) electrons. The lowest BCUT2D eigenvalue weighted by molar-refractivity contribution is -0.115. The molecule has 19 heavy (non-hydrogen) atoms. The molecular formula is C15H15FN2O. The van der Waals surface area contributed by atoms with E-state index < -0.39 is 5.95 Å². The van der Waals surface area contributed by atoms with Crippen molar-refractivity contribution in [2.24, 2.45) is 0 Å². The first-order valence-corrected chi connectivity index (χ1v) is 6.02. The van der Waals surface area contributed by atoms with E-state index in [0.29, 0.717) is 12.1 Å². The Bertz CT molecular complexity index is 594. The lowest BCUT2D eigenvalue weighted by atomic mass is 10.0. The van der Waals surface area contributed by atoms with Crippen molar-refractivity contribution >= 4 is 11.6 Å². The number of amides is 1. The van der Waals surface area contributed by atoms with Crippen LogP contribution in [-0.4, -0.2) is 10.9 Å². The number of nitrogens with one attached hydrogen (secondary N) is 1. The molecule has 0 unspecified atom stereocenters. The van der Waals surface area contributed by atoms with Gasteiger partial charge in [0.25, 0.3) is 0 Å². The molecule has 1 heterocycles. The third kappa shape index (κ3) is 3.61. The van der Waals surface area contributed by atoms with Crippen LogP contribution < -0.4 is 5.32 Å². The van der Waals surface area contributed by atoms with Gasteiger partial charge in [0.05, 0.1) is 18.3 Å². The molecule has 0 fully saturated rings. The average Bonchev–Trinajstić information content (AvgIpc) is 2.37. The Morgan fingerprint density at radius 1 is 1.26 bits per heavy atom. The number of aromatic nitrogens is 1. The van der Waals surface area contributed by atoms with E-state index in [4.69, 9.17) is 0 Å². The second-order valence-electron chi connectivity index (χ2n) is 4.52. The lowest BCUT2D eigenvalue weighted by Gasteiger charge is -2.08. The highest BCUT2D eigenvalue weighted by Gasteiger charge is 2.07. The van der Waals surface area contributed by atoms with Crippen LogP contribution in [0.25, 0.3) is 0 Å². The summed E-state index contributed by atoms with van der Waals surface area (Å²) in [5.74, 6) is -0.699. The van der Waals surface area contributed by atoms with Gasteiger partial charge in [-0.15, -0.1) is 0 Å². The van der Waals surface area contributed by atoms with Gasteiger partial charge in [-0.05, 0) is 37.1 Å². The molecule has 2 aromatic rings. The highest BCUT2D eigenvalue weighted by atomic mass is 19.1. The third-order valence-electron chi connectivity index (χ3n) is 2.87. The molecule has 1 aromatic heterocycles. The van der Waals surface area contributed by atoms with Crippen molar-refractivity contribution in [3.63, 3.8) is 0 Å². The van der Waals surface area contributed by atoms with Gasteiger partial charge in [-0.1, -0.05) is 23.8 Å². The van der Waals surface area contributed by atoms with Crippen molar-refractivity contribution in [2.45, 2.75) is 20.3 Å². The minimum absolute atomic E-state index is 0.137. The Labute approximate surface area is 111 Å². The SMILES string of the molecule is Cc1ccc(C)c(CC(=O)Nc2ccc(F)nc2)c1. The first kappa shape index (κ1) is 13.2. The van der Waals surface area contributed by atoms with E-state index in [9.17, 15) is 9.18 Å². The van der Waals surface area contributed by atoms with E-state index in [-0.39, 0.29) is 5.91 Å². The molecule has 4 heteroatoms. The van der Waals surface area contributed by atoms with Crippen LogP contribution in [0.2, 0.25) is 0 Å². The number of hydrogen-bond acceptors (Lipinski definition) is 2. The molecule has 0 atom stereocenters. The average molecular weight is 258 g/mol. The Hall–Kier alpha value is -2.23. The van der Waals surface area contributed by atoms with E-state index in [1.807, 2.05) is 32.0 Å². The predicted octanol–water partition coefficient (Wildman–Crippen LogP) is 3.02. The second kappa shape index (κ2) is 5.61. The fourth-order valence-electron chi connectivity index (χ4n) is 1.82. The van der Waals surface area contributed by atoms with Crippen molar-refractivity contribution in [1.29, 1.82) is 0 Å². The number of anilines is 1. The van der Waals surface area contributed by atoms with Crippen molar-refractivity contribution in [2.75, 3.05) is 5.32 Å². The number of nitrogens with zero attached hydrogens (tertiary/aromatic N) is 1. The summed E-state index contributed by atoms with van der Waals surface area (Å²) in [6.45, 7) is 3.96. The van der Waals surface area contributed by atoms with Crippen LogP contribution in [0.1, 0.15) is 16.7 Å². The Kier molecular flexibility index (Phi) is 3.90. The molecule has 1 amide bonds. The fourth-order valence-corrected chi connectivity index (χ4v) is 1.82. The van der Waals surface area contributed by atoms with Crippen LogP contribution in [0.3, 0.4) is 0 Å². The van der Waals surface area contributed by atoms with Gasteiger partial charge in [-0.25, -0.2) is 4.98 Å². The Morgan fingerprint density at radius 3 is 2.74 bits per heavy atom. The zero-order valence-corrected chi connectivity index (χ0v) is 10.9. The number of carbonyl (C=O) groups excluding carboxylic acids is 1. The summed E-state index contributed by atoms with van der Waals surface area (Å²) in [5.41, 5.74) is 3.69. The fraction of sp³-hybridized carbons (Fsp3) is 0.200. The molecule has 0 saturated heterocycles. The lowest BCUT2D eigenvalue weighted by Crippen LogP contribution is -2.15. The van der Waals surface area contributed by atoms with Crippen molar-refractivity contribution in [3.8, 4) is 0 Å². The Balaban J connectivity index is 2.05. The summed E-state index contributed by atoms with van der Waals surface area (Å²) in [6, 6.07) is 8.71. The van der Waals surface area contributed by atoms with Gasteiger partial charge in [0, 0.05) is 0 Å². The number of benzene rings is 1. The van der Waals surface area contributed by atoms with E-state index in [2.05, 4.69) is 10.3 Å². The molecule has 98 valence electrons. The van der Waals surface area contributed by atoms with Gasteiger partial charge < -0.3 is 5.32 Å². The second-order valence-corrected chi connectivity index (χ2v) is 4.52. The van der Waals surface area contributed by atoms with Crippen molar-refractivity contribution < 1.29 is 9.18 Å². The number of hydrogen-bond donors (Lipinski definition) is 1. The van der Waals surface area contributed by atoms with Crippen LogP contribution in [0.4, 0.5) is 10.1 Å². The molecule has 0 spiro atoms. The topological polar surface area (TPSA) is 42.0 Å². The van der Waals surface area contributed by atoms with E-state index >= 15 is 0 Å².